The molecule has 0 saturated carbocycles. The van der Waals surface area contributed by atoms with Crippen LogP contribution in [0.3, 0.4) is 0 Å². The summed E-state index contributed by atoms with van der Waals surface area (Å²) in [6, 6.07) is 0. The van der Waals surface area contributed by atoms with Gasteiger partial charge in [-0.05, 0) is 19.3 Å². The van der Waals surface area contributed by atoms with E-state index in [-0.39, 0.29) is 0 Å². The van der Waals surface area contributed by atoms with Gasteiger partial charge >= 0.3 is 0 Å². The van der Waals surface area contributed by atoms with Crippen LogP contribution < -0.4 is 0 Å². The lowest BCUT2D eigenvalue weighted by Gasteiger charge is -2.34. The fourth-order valence-electron chi connectivity index (χ4n) is 2.53. The molecule has 2 nitrogen and oxygen atoms in total. The molecule has 0 unspecified atom stereocenters. The molecule has 0 aromatic carbocycles. The summed E-state index contributed by atoms with van der Waals surface area (Å²) in [6.07, 6.45) is 11.1. The second-order valence-corrected chi connectivity index (χ2v) is 5.37. The van der Waals surface area contributed by atoms with Crippen LogP contribution in [0.1, 0.15) is 71.6 Å². The van der Waals surface area contributed by atoms with Crippen LogP contribution in [0, 0.1) is 5.92 Å². The summed E-state index contributed by atoms with van der Waals surface area (Å²) in [5, 5.41) is 0. The van der Waals surface area contributed by atoms with E-state index in [0.29, 0.717) is 11.8 Å². The Morgan fingerprint density at radius 3 is 2.24 bits per heavy atom. The molecular weight excluding hydrogens is 210 g/mol. The van der Waals surface area contributed by atoms with Crippen LogP contribution >= 0.6 is 0 Å². The lowest BCUT2D eigenvalue weighted by molar-refractivity contribution is -0.139. The van der Waals surface area contributed by atoms with E-state index in [9.17, 15) is 4.79 Å². The molecule has 0 bridgehead atoms. The van der Waals surface area contributed by atoms with Crippen molar-refractivity contribution in [3.8, 4) is 0 Å². The van der Waals surface area contributed by atoms with Gasteiger partial charge in [-0.3, -0.25) is 4.79 Å². The molecule has 1 heterocycles. The quantitative estimate of drug-likeness (QED) is 0.557. The minimum atomic E-state index is 0.321. The second kappa shape index (κ2) is 8.54. The number of hydrogen-bond acceptors (Lipinski definition) is 1. The fraction of sp³-hybridized carbons (Fsp3) is 0.933. The average Bonchev–Trinajstić information content (AvgIpc) is 2.25. The zero-order chi connectivity index (χ0) is 12.5. The third kappa shape index (κ3) is 5.10. The molecule has 0 aliphatic carbocycles. The third-order valence-electron chi connectivity index (χ3n) is 3.81. The fourth-order valence-corrected chi connectivity index (χ4v) is 2.53. The molecule has 0 aromatic rings. The number of carbonyl (C=O) groups is 1. The molecule has 1 fully saturated rings. The predicted octanol–water partition coefficient (Wildman–Crippen LogP) is 4.00. The van der Waals surface area contributed by atoms with E-state index in [1.165, 1.54) is 38.5 Å². The highest BCUT2D eigenvalue weighted by atomic mass is 16.2. The van der Waals surface area contributed by atoms with Gasteiger partial charge in [0.1, 0.15) is 0 Å². The molecule has 1 atom stereocenters. The summed E-state index contributed by atoms with van der Waals surface area (Å²) >= 11 is 0. The first-order chi connectivity index (χ1) is 8.29. The predicted molar refractivity (Wildman–Crippen MR) is 73.0 cm³/mol. The maximum absolute atomic E-state index is 12.2. The van der Waals surface area contributed by atoms with Gasteiger partial charge in [0.15, 0.2) is 0 Å². The molecule has 0 spiro atoms. The summed E-state index contributed by atoms with van der Waals surface area (Å²) in [4.78, 5) is 14.2. The zero-order valence-electron chi connectivity index (χ0n) is 11.7. The van der Waals surface area contributed by atoms with E-state index in [1.54, 1.807) is 0 Å². The Morgan fingerprint density at radius 2 is 1.71 bits per heavy atom. The summed E-state index contributed by atoms with van der Waals surface area (Å²) in [5.74, 6) is 0.760. The van der Waals surface area contributed by atoms with Gasteiger partial charge < -0.3 is 4.90 Å². The van der Waals surface area contributed by atoms with Gasteiger partial charge in [0, 0.05) is 19.0 Å². The minimum absolute atomic E-state index is 0.321. The normalized spacial score (nSPS) is 16.7. The molecule has 0 N–H and O–H groups in total. The monoisotopic (exact) mass is 239 g/mol. The van der Waals surface area contributed by atoms with Gasteiger partial charge in [-0.15, -0.1) is 0 Å². The Labute approximate surface area is 107 Å². The Morgan fingerprint density at radius 1 is 1.00 bits per heavy atom. The van der Waals surface area contributed by atoms with Gasteiger partial charge in [-0.1, -0.05) is 52.4 Å². The van der Waals surface area contributed by atoms with Gasteiger partial charge in [0.05, 0.1) is 0 Å². The van der Waals surface area contributed by atoms with Crippen LogP contribution in [-0.4, -0.2) is 23.9 Å². The van der Waals surface area contributed by atoms with Crippen LogP contribution in [0.4, 0.5) is 0 Å². The molecule has 0 aromatic heterocycles. The number of hydrogen-bond donors (Lipinski definition) is 0. The number of unbranched alkanes of at least 4 members (excludes halogenated alkanes) is 4. The molecule has 0 radical (unpaired) electrons. The summed E-state index contributed by atoms with van der Waals surface area (Å²) in [6.45, 7) is 6.45. The number of likely N-dealkylation sites (tertiary alicyclic amines) is 1. The summed E-state index contributed by atoms with van der Waals surface area (Å²) in [7, 11) is 0. The van der Waals surface area contributed by atoms with Gasteiger partial charge in [0.2, 0.25) is 5.91 Å². The standard InChI is InChI=1S/C15H29NO/c1-3-5-6-7-8-11-14(10-4-2)15(17)16-12-9-13-16/h14H,3-13H2,1-2H3/t14-/m1/s1. The van der Waals surface area contributed by atoms with Crippen molar-refractivity contribution in [2.75, 3.05) is 13.1 Å². The molecule has 1 amide bonds. The molecule has 1 rings (SSSR count). The number of nitrogens with zero attached hydrogens (tertiary/aromatic N) is 1. The largest absolute Gasteiger partial charge is 0.342 e. The average molecular weight is 239 g/mol. The van der Waals surface area contributed by atoms with Crippen molar-refractivity contribution in [1.29, 1.82) is 0 Å². The third-order valence-corrected chi connectivity index (χ3v) is 3.81. The highest BCUT2D eigenvalue weighted by molar-refractivity contribution is 5.79. The maximum atomic E-state index is 12.2. The van der Waals surface area contributed by atoms with Crippen molar-refractivity contribution in [3.63, 3.8) is 0 Å². The lowest BCUT2D eigenvalue weighted by atomic mass is 9.93. The van der Waals surface area contributed by atoms with Crippen LogP contribution in [0.15, 0.2) is 0 Å². The lowest BCUT2D eigenvalue weighted by Crippen LogP contribution is -2.45. The molecule has 1 aliphatic rings. The van der Waals surface area contributed by atoms with Crippen molar-refractivity contribution in [3.05, 3.63) is 0 Å². The van der Waals surface area contributed by atoms with Crippen LogP contribution in [0.25, 0.3) is 0 Å². The highest BCUT2D eigenvalue weighted by Crippen LogP contribution is 2.21. The van der Waals surface area contributed by atoms with Crippen molar-refractivity contribution >= 4 is 5.91 Å². The summed E-state index contributed by atoms with van der Waals surface area (Å²) in [5.41, 5.74) is 0. The Kier molecular flexibility index (Phi) is 7.30. The van der Waals surface area contributed by atoms with E-state index in [1.807, 2.05) is 4.90 Å². The Balaban J connectivity index is 2.19. The van der Waals surface area contributed by atoms with E-state index >= 15 is 0 Å². The van der Waals surface area contributed by atoms with Crippen LogP contribution in [0.5, 0.6) is 0 Å². The molecule has 1 aliphatic heterocycles. The topological polar surface area (TPSA) is 20.3 Å². The smallest absolute Gasteiger partial charge is 0.225 e. The SMILES string of the molecule is CCCCCCC[C@@H](CCC)C(=O)N1CCC1. The first-order valence-corrected chi connectivity index (χ1v) is 7.58. The van der Waals surface area contributed by atoms with E-state index in [0.717, 1.165) is 32.4 Å². The van der Waals surface area contributed by atoms with E-state index in [2.05, 4.69) is 13.8 Å². The number of rotatable bonds is 9. The van der Waals surface area contributed by atoms with Gasteiger partial charge in [0.25, 0.3) is 0 Å². The minimum Gasteiger partial charge on any atom is -0.342 e. The zero-order valence-corrected chi connectivity index (χ0v) is 11.7. The van der Waals surface area contributed by atoms with E-state index < -0.39 is 0 Å². The Bertz CT molecular complexity index is 211. The number of amides is 1. The van der Waals surface area contributed by atoms with Crippen molar-refractivity contribution in [2.24, 2.45) is 5.92 Å². The van der Waals surface area contributed by atoms with Crippen LogP contribution in [-0.2, 0) is 4.79 Å². The van der Waals surface area contributed by atoms with Crippen molar-refractivity contribution in [1.82, 2.24) is 4.90 Å². The van der Waals surface area contributed by atoms with Gasteiger partial charge in [-0.25, -0.2) is 0 Å². The second-order valence-electron chi connectivity index (χ2n) is 5.37. The first kappa shape index (κ1) is 14.5. The molecule has 17 heavy (non-hydrogen) atoms. The van der Waals surface area contributed by atoms with Gasteiger partial charge in [-0.2, -0.15) is 0 Å². The first-order valence-electron chi connectivity index (χ1n) is 7.58. The highest BCUT2D eigenvalue weighted by Gasteiger charge is 2.26. The van der Waals surface area contributed by atoms with E-state index in [4.69, 9.17) is 0 Å². The molecular formula is C15H29NO. The molecule has 1 saturated heterocycles. The maximum Gasteiger partial charge on any atom is 0.225 e. The van der Waals surface area contributed by atoms with Crippen molar-refractivity contribution in [2.45, 2.75) is 71.6 Å². The summed E-state index contributed by atoms with van der Waals surface area (Å²) < 4.78 is 0. The molecule has 2 heteroatoms. The Hall–Kier alpha value is -0.530. The van der Waals surface area contributed by atoms with Crippen LogP contribution in [0.2, 0.25) is 0 Å². The number of carbonyl (C=O) groups excluding carboxylic acids is 1. The molecule has 100 valence electrons. The van der Waals surface area contributed by atoms with Crippen molar-refractivity contribution < 1.29 is 4.79 Å².